The van der Waals surface area contributed by atoms with Gasteiger partial charge in [0.25, 0.3) is 5.91 Å². The quantitative estimate of drug-likeness (QED) is 0.553. The zero-order valence-corrected chi connectivity index (χ0v) is 15.3. The standard InChI is InChI=1S/C19H16N4O3S/c1-25-15-6-4-14(5-7-15)23-9-8-13(22-23)11-20-18(24)16-12-27-19(21-16)17-3-2-10-26-17/h2-10,12H,11H2,1H3,(H,20,24). The molecule has 0 fully saturated rings. The number of nitrogens with one attached hydrogen (secondary N) is 1. The van der Waals surface area contributed by atoms with Crippen molar-refractivity contribution in [3.8, 4) is 22.2 Å². The predicted molar refractivity (Wildman–Crippen MR) is 101 cm³/mol. The molecule has 7 nitrogen and oxygen atoms in total. The zero-order chi connectivity index (χ0) is 18.6. The largest absolute Gasteiger partial charge is 0.497 e. The summed E-state index contributed by atoms with van der Waals surface area (Å²) in [6.07, 6.45) is 3.43. The summed E-state index contributed by atoms with van der Waals surface area (Å²) in [6, 6.07) is 13.0. The van der Waals surface area contributed by atoms with E-state index in [0.717, 1.165) is 17.1 Å². The van der Waals surface area contributed by atoms with E-state index in [0.29, 0.717) is 23.0 Å². The average Bonchev–Trinajstić information content (AvgIpc) is 3.47. The Morgan fingerprint density at radius 3 is 2.85 bits per heavy atom. The lowest BCUT2D eigenvalue weighted by Crippen LogP contribution is -2.23. The van der Waals surface area contributed by atoms with E-state index in [9.17, 15) is 4.79 Å². The van der Waals surface area contributed by atoms with Crippen LogP contribution in [0.25, 0.3) is 16.5 Å². The molecule has 136 valence electrons. The van der Waals surface area contributed by atoms with Crippen molar-refractivity contribution >= 4 is 17.2 Å². The molecule has 3 heterocycles. The number of thiazole rings is 1. The summed E-state index contributed by atoms with van der Waals surface area (Å²) in [6.45, 7) is 0.315. The summed E-state index contributed by atoms with van der Waals surface area (Å²) in [5.41, 5.74) is 2.03. The van der Waals surface area contributed by atoms with E-state index in [4.69, 9.17) is 9.15 Å². The number of ether oxygens (including phenoxy) is 1. The fourth-order valence-electron chi connectivity index (χ4n) is 2.49. The molecule has 1 N–H and O–H groups in total. The highest BCUT2D eigenvalue weighted by atomic mass is 32.1. The van der Waals surface area contributed by atoms with E-state index in [2.05, 4.69) is 15.4 Å². The van der Waals surface area contributed by atoms with Crippen molar-refractivity contribution < 1.29 is 13.9 Å². The third-order valence-electron chi connectivity index (χ3n) is 3.88. The van der Waals surface area contributed by atoms with Crippen LogP contribution < -0.4 is 10.1 Å². The Morgan fingerprint density at radius 2 is 2.11 bits per heavy atom. The second kappa shape index (κ2) is 7.46. The number of rotatable bonds is 6. The Balaban J connectivity index is 1.39. The van der Waals surface area contributed by atoms with Gasteiger partial charge in [-0.2, -0.15) is 5.10 Å². The highest BCUT2D eigenvalue weighted by Gasteiger charge is 2.13. The van der Waals surface area contributed by atoms with Crippen LogP contribution in [0.2, 0.25) is 0 Å². The normalized spacial score (nSPS) is 10.7. The maximum atomic E-state index is 12.3. The van der Waals surface area contributed by atoms with Crippen LogP contribution in [-0.4, -0.2) is 27.8 Å². The number of nitrogens with zero attached hydrogens (tertiary/aromatic N) is 3. The van der Waals surface area contributed by atoms with Gasteiger partial charge in [0.05, 0.1) is 31.3 Å². The van der Waals surface area contributed by atoms with Gasteiger partial charge in [-0.1, -0.05) is 0 Å². The van der Waals surface area contributed by atoms with Gasteiger partial charge < -0.3 is 14.5 Å². The van der Waals surface area contributed by atoms with Crippen LogP contribution in [0.5, 0.6) is 5.75 Å². The van der Waals surface area contributed by atoms with Crippen LogP contribution in [-0.2, 0) is 6.54 Å². The molecular weight excluding hydrogens is 364 g/mol. The second-order valence-electron chi connectivity index (χ2n) is 5.65. The van der Waals surface area contributed by atoms with Crippen LogP contribution in [0, 0.1) is 0 Å². The Morgan fingerprint density at radius 1 is 1.26 bits per heavy atom. The minimum Gasteiger partial charge on any atom is -0.497 e. The molecule has 0 aliphatic rings. The minimum absolute atomic E-state index is 0.247. The van der Waals surface area contributed by atoms with Gasteiger partial charge in [-0.15, -0.1) is 11.3 Å². The van der Waals surface area contributed by atoms with Crippen molar-refractivity contribution in [2.75, 3.05) is 7.11 Å². The van der Waals surface area contributed by atoms with Gasteiger partial charge in [0.15, 0.2) is 10.8 Å². The molecule has 0 saturated carbocycles. The molecule has 0 saturated heterocycles. The van der Waals surface area contributed by atoms with Crippen LogP contribution >= 0.6 is 11.3 Å². The molecule has 0 radical (unpaired) electrons. The number of hydrogen-bond donors (Lipinski definition) is 1. The molecular formula is C19H16N4O3S. The van der Waals surface area contributed by atoms with Crippen molar-refractivity contribution in [2.24, 2.45) is 0 Å². The monoisotopic (exact) mass is 380 g/mol. The van der Waals surface area contributed by atoms with E-state index in [1.54, 1.807) is 29.5 Å². The lowest BCUT2D eigenvalue weighted by atomic mass is 10.3. The maximum absolute atomic E-state index is 12.3. The van der Waals surface area contributed by atoms with Gasteiger partial charge in [-0.05, 0) is 42.5 Å². The van der Waals surface area contributed by atoms with E-state index < -0.39 is 0 Å². The summed E-state index contributed by atoms with van der Waals surface area (Å²) in [4.78, 5) is 16.6. The van der Waals surface area contributed by atoms with E-state index >= 15 is 0 Å². The van der Waals surface area contributed by atoms with Gasteiger partial charge in [-0.25, -0.2) is 9.67 Å². The first-order valence-corrected chi connectivity index (χ1v) is 9.07. The number of methoxy groups -OCH3 is 1. The number of carbonyl (C=O) groups is 1. The van der Waals surface area contributed by atoms with E-state index in [-0.39, 0.29) is 5.91 Å². The molecule has 0 spiro atoms. The average molecular weight is 380 g/mol. The summed E-state index contributed by atoms with van der Waals surface area (Å²) in [5.74, 6) is 1.19. The molecule has 0 unspecified atom stereocenters. The van der Waals surface area contributed by atoms with Gasteiger partial charge in [0, 0.05) is 11.6 Å². The van der Waals surface area contributed by atoms with Crippen molar-refractivity contribution in [1.82, 2.24) is 20.1 Å². The Labute approximate surface area is 159 Å². The number of hydrogen-bond acceptors (Lipinski definition) is 6. The fourth-order valence-corrected chi connectivity index (χ4v) is 3.25. The van der Waals surface area contributed by atoms with Crippen molar-refractivity contribution in [1.29, 1.82) is 0 Å². The van der Waals surface area contributed by atoms with Crippen LogP contribution in [0.4, 0.5) is 0 Å². The summed E-state index contributed by atoms with van der Waals surface area (Å²) in [7, 11) is 1.63. The Kier molecular flexibility index (Phi) is 4.71. The lowest BCUT2D eigenvalue weighted by Gasteiger charge is -2.03. The Bertz CT molecular complexity index is 1040. The highest BCUT2D eigenvalue weighted by molar-refractivity contribution is 7.13. The first kappa shape index (κ1) is 17.0. The first-order chi connectivity index (χ1) is 13.2. The van der Waals surface area contributed by atoms with Crippen molar-refractivity contribution in [3.05, 3.63) is 71.7 Å². The number of aromatic nitrogens is 3. The zero-order valence-electron chi connectivity index (χ0n) is 14.5. The molecule has 0 bridgehead atoms. The molecule has 1 amide bonds. The van der Waals surface area contributed by atoms with Gasteiger partial charge in [-0.3, -0.25) is 4.79 Å². The molecule has 27 heavy (non-hydrogen) atoms. The number of carbonyl (C=O) groups excluding carboxylic acids is 1. The molecule has 4 aromatic rings. The molecule has 0 aliphatic heterocycles. The summed E-state index contributed by atoms with van der Waals surface area (Å²) in [5, 5.41) is 9.70. The minimum atomic E-state index is -0.247. The van der Waals surface area contributed by atoms with Gasteiger partial charge in [0.2, 0.25) is 0 Å². The van der Waals surface area contributed by atoms with Crippen LogP contribution in [0.15, 0.2) is 64.7 Å². The van der Waals surface area contributed by atoms with Crippen molar-refractivity contribution in [2.45, 2.75) is 6.54 Å². The lowest BCUT2D eigenvalue weighted by molar-refractivity contribution is 0.0946. The maximum Gasteiger partial charge on any atom is 0.271 e. The number of furan rings is 1. The SMILES string of the molecule is COc1ccc(-n2ccc(CNC(=O)c3csc(-c4ccco4)n3)n2)cc1. The van der Waals surface area contributed by atoms with Gasteiger partial charge >= 0.3 is 0 Å². The van der Waals surface area contributed by atoms with Crippen LogP contribution in [0.1, 0.15) is 16.2 Å². The smallest absolute Gasteiger partial charge is 0.271 e. The first-order valence-electron chi connectivity index (χ1n) is 8.19. The topological polar surface area (TPSA) is 82.2 Å². The second-order valence-corrected chi connectivity index (χ2v) is 6.51. The third kappa shape index (κ3) is 3.75. The number of benzene rings is 1. The highest BCUT2D eigenvalue weighted by Crippen LogP contribution is 2.23. The van der Waals surface area contributed by atoms with E-state index in [1.165, 1.54) is 11.3 Å². The molecule has 3 aromatic heterocycles. The molecule has 8 heteroatoms. The van der Waals surface area contributed by atoms with Crippen molar-refractivity contribution in [3.63, 3.8) is 0 Å². The van der Waals surface area contributed by atoms with Gasteiger partial charge in [0.1, 0.15) is 11.4 Å². The summed E-state index contributed by atoms with van der Waals surface area (Å²) < 4.78 is 12.2. The van der Waals surface area contributed by atoms with E-state index in [1.807, 2.05) is 42.6 Å². The van der Waals surface area contributed by atoms with Crippen LogP contribution in [0.3, 0.4) is 0 Å². The third-order valence-corrected chi connectivity index (χ3v) is 4.74. The molecule has 4 rings (SSSR count). The molecule has 0 atom stereocenters. The fraction of sp³-hybridized carbons (Fsp3) is 0.105. The summed E-state index contributed by atoms with van der Waals surface area (Å²) >= 11 is 1.37. The Hall–Kier alpha value is -3.39. The predicted octanol–water partition coefficient (Wildman–Crippen LogP) is 3.53. The molecule has 0 aliphatic carbocycles. The molecule has 1 aromatic carbocycles. The number of amides is 1.